The highest BCUT2D eigenvalue weighted by molar-refractivity contribution is 7.89. The third-order valence-corrected chi connectivity index (χ3v) is 5.72. The molecule has 1 heterocycles. The van der Waals surface area contributed by atoms with Gasteiger partial charge in [0.25, 0.3) is 5.91 Å². The number of carbonyl (C=O) groups excluding carboxylic acids is 1. The largest absolute Gasteiger partial charge is 0.379 e. The van der Waals surface area contributed by atoms with Gasteiger partial charge in [-0.3, -0.25) is 4.79 Å². The molecule has 134 valence electrons. The number of nitrogens with zero attached hydrogens (tertiary/aromatic N) is 1. The summed E-state index contributed by atoms with van der Waals surface area (Å²) in [7, 11) is -3.60. The van der Waals surface area contributed by atoms with Crippen LogP contribution in [0.15, 0.2) is 29.2 Å². The first-order chi connectivity index (χ1) is 11.4. The summed E-state index contributed by atoms with van der Waals surface area (Å²) in [5.74, 6) is -0.279. The Morgan fingerprint density at radius 3 is 2.71 bits per heavy atom. The predicted molar refractivity (Wildman–Crippen MR) is 91.5 cm³/mol. The quantitative estimate of drug-likeness (QED) is 0.741. The van der Waals surface area contributed by atoms with Gasteiger partial charge in [-0.1, -0.05) is 13.0 Å². The van der Waals surface area contributed by atoms with Crippen LogP contribution in [0.3, 0.4) is 0 Å². The maximum atomic E-state index is 12.6. The molecule has 0 unspecified atom stereocenters. The minimum Gasteiger partial charge on any atom is -0.379 e. The van der Waals surface area contributed by atoms with Gasteiger partial charge in [-0.15, -0.1) is 0 Å². The molecule has 0 aliphatic carbocycles. The van der Waals surface area contributed by atoms with Gasteiger partial charge < -0.3 is 15.4 Å². The van der Waals surface area contributed by atoms with E-state index in [-0.39, 0.29) is 16.8 Å². The van der Waals surface area contributed by atoms with E-state index < -0.39 is 10.0 Å². The summed E-state index contributed by atoms with van der Waals surface area (Å²) in [6, 6.07) is 6.31. The molecule has 1 aliphatic heterocycles. The van der Waals surface area contributed by atoms with Crippen LogP contribution in [0.2, 0.25) is 0 Å². The summed E-state index contributed by atoms with van der Waals surface area (Å²) in [5, 5.41) is 6.01. The molecule has 0 radical (unpaired) electrons. The van der Waals surface area contributed by atoms with E-state index in [4.69, 9.17) is 4.74 Å². The van der Waals surface area contributed by atoms with Crippen molar-refractivity contribution in [2.45, 2.75) is 24.8 Å². The number of hydrogen-bond acceptors (Lipinski definition) is 5. The van der Waals surface area contributed by atoms with Crippen LogP contribution in [-0.2, 0) is 14.8 Å². The van der Waals surface area contributed by atoms with Gasteiger partial charge in [0, 0.05) is 31.2 Å². The molecule has 1 aromatic carbocycles. The average molecular weight is 355 g/mol. The lowest BCUT2D eigenvalue weighted by Gasteiger charge is -2.26. The van der Waals surface area contributed by atoms with E-state index in [9.17, 15) is 13.2 Å². The first-order valence-electron chi connectivity index (χ1n) is 8.14. The van der Waals surface area contributed by atoms with Crippen molar-refractivity contribution in [1.29, 1.82) is 0 Å². The van der Waals surface area contributed by atoms with Gasteiger partial charge in [0.05, 0.1) is 18.1 Å². The summed E-state index contributed by atoms with van der Waals surface area (Å²) < 4.78 is 31.9. The molecule has 0 aromatic heterocycles. The molecule has 8 heteroatoms. The number of ether oxygens (including phenoxy) is 1. The molecular weight excluding hydrogens is 330 g/mol. The van der Waals surface area contributed by atoms with Crippen molar-refractivity contribution in [2.24, 2.45) is 0 Å². The van der Waals surface area contributed by atoms with Gasteiger partial charge in [-0.05, 0) is 31.7 Å². The third kappa shape index (κ3) is 4.76. The third-order valence-electron chi connectivity index (χ3n) is 3.83. The monoisotopic (exact) mass is 355 g/mol. The van der Waals surface area contributed by atoms with Crippen LogP contribution in [0.5, 0.6) is 0 Å². The Labute approximate surface area is 143 Å². The maximum absolute atomic E-state index is 12.6. The van der Waals surface area contributed by atoms with Crippen molar-refractivity contribution >= 4 is 15.9 Å². The Hall–Kier alpha value is -1.48. The number of benzene rings is 1. The van der Waals surface area contributed by atoms with Gasteiger partial charge in [0.2, 0.25) is 10.0 Å². The molecule has 1 fully saturated rings. The molecule has 24 heavy (non-hydrogen) atoms. The van der Waals surface area contributed by atoms with Gasteiger partial charge in [-0.2, -0.15) is 4.31 Å². The molecule has 0 bridgehead atoms. The predicted octanol–water partition coefficient (Wildman–Crippen LogP) is 0.435. The fraction of sp³-hybridized carbons (Fsp3) is 0.562. The van der Waals surface area contributed by atoms with Crippen molar-refractivity contribution in [3.8, 4) is 0 Å². The molecule has 7 nitrogen and oxygen atoms in total. The Bertz CT molecular complexity index is 657. The summed E-state index contributed by atoms with van der Waals surface area (Å²) >= 11 is 0. The number of sulfonamides is 1. The van der Waals surface area contributed by atoms with Gasteiger partial charge >= 0.3 is 0 Å². The average Bonchev–Trinajstić information content (AvgIpc) is 2.61. The summed E-state index contributed by atoms with van der Waals surface area (Å²) in [5.41, 5.74) is 0.341. The van der Waals surface area contributed by atoms with Crippen LogP contribution < -0.4 is 10.6 Å². The molecule has 1 atom stereocenters. The minimum atomic E-state index is -3.60. The second-order valence-electron chi connectivity index (χ2n) is 5.71. The highest BCUT2D eigenvalue weighted by atomic mass is 32.2. The Morgan fingerprint density at radius 1 is 1.33 bits per heavy atom. The number of morpholine rings is 1. The van der Waals surface area contributed by atoms with Gasteiger partial charge in [-0.25, -0.2) is 8.42 Å². The van der Waals surface area contributed by atoms with E-state index >= 15 is 0 Å². The lowest BCUT2D eigenvalue weighted by Crippen LogP contribution is -2.40. The second kappa shape index (κ2) is 8.57. The standard InChI is InChI=1S/C16H25N3O4S/c1-3-17-13(2)12-18-16(20)14-5-4-6-15(11-14)24(21,22)19-7-9-23-10-8-19/h4-6,11,13,17H,3,7-10,12H2,1-2H3,(H,18,20)/t13-/m1/s1. The molecule has 1 aliphatic rings. The van der Waals surface area contributed by atoms with Crippen molar-refractivity contribution in [3.63, 3.8) is 0 Å². The highest BCUT2D eigenvalue weighted by Crippen LogP contribution is 2.18. The first-order valence-corrected chi connectivity index (χ1v) is 9.58. The lowest BCUT2D eigenvalue weighted by molar-refractivity contribution is 0.0730. The van der Waals surface area contributed by atoms with Crippen molar-refractivity contribution < 1.29 is 17.9 Å². The summed E-state index contributed by atoms with van der Waals surface area (Å²) in [6.45, 7) is 6.72. The van der Waals surface area contributed by atoms with Gasteiger partial charge in [0.1, 0.15) is 0 Å². The van der Waals surface area contributed by atoms with Gasteiger partial charge in [0.15, 0.2) is 0 Å². The van der Waals surface area contributed by atoms with E-state index in [0.29, 0.717) is 38.4 Å². The van der Waals surface area contributed by atoms with Crippen molar-refractivity contribution in [3.05, 3.63) is 29.8 Å². The van der Waals surface area contributed by atoms with Crippen LogP contribution in [0, 0.1) is 0 Å². The van der Waals surface area contributed by atoms with Crippen LogP contribution in [-0.4, -0.2) is 64.1 Å². The molecule has 2 N–H and O–H groups in total. The molecule has 0 saturated carbocycles. The molecule has 2 rings (SSSR count). The Morgan fingerprint density at radius 2 is 2.04 bits per heavy atom. The van der Waals surface area contributed by atoms with E-state index in [2.05, 4.69) is 10.6 Å². The molecule has 0 spiro atoms. The zero-order chi connectivity index (χ0) is 17.6. The van der Waals surface area contributed by atoms with Crippen LogP contribution in [0.25, 0.3) is 0 Å². The van der Waals surface area contributed by atoms with Crippen LogP contribution >= 0.6 is 0 Å². The van der Waals surface area contributed by atoms with E-state index in [1.807, 2.05) is 13.8 Å². The van der Waals surface area contributed by atoms with E-state index in [1.54, 1.807) is 12.1 Å². The number of hydrogen-bond donors (Lipinski definition) is 2. The number of nitrogens with one attached hydrogen (secondary N) is 2. The Kier molecular flexibility index (Phi) is 6.73. The summed E-state index contributed by atoms with van der Waals surface area (Å²) in [6.07, 6.45) is 0. The number of carbonyl (C=O) groups is 1. The molecule has 1 aromatic rings. The van der Waals surface area contributed by atoms with Crippen LogP contribution in [0.1, 0.15) is 24.2 Å². The number of amides is 1. The van der Waals surface area contributed by atoms with E-state index in [1.165, 1.54) is 16.4 Å². The van der Waals surface area contributed by atoms with Crippen LogP contribution in [0.4, 0.5) is 0 Å². The first kappa shape index (κ1) is 18.9. The zero-order valence-electron chi connectivity index (χ0n) is 14.1. The van der Waals surface area contributed by atoms with E-state index in [0.717, 1.165) is 6.54 Å². The fourth-order valence-electron chi connectivity index (χ4n) is 2.50. The number of rotatable bonds is 7. The highest BCUT2D eigenvalue weighted by Gasteiger charge is 2.26. The normalized spacial score (nSPS) is 17.4. The second-order valence-corrected chi connectivity index (χ2v) is 7.65. The topological polar surface area (TPSA) is 87.7 Å². The molecule has 1 amide bonds. The molecular formula is C16H25N3O4S. The minimum absolute atomic E-state index is 0.136. The maximum Gasteiger partial charge on any atom is 0.251 e. The smallest absolute Gasteiger partial charge is 0.251 e. The molecule has 1 saturated heterocycles. The lowest BCUT2D eigenvalue weighted by atomic mass is 10.2. The zero-order valence-corrected chi connectivity index (χ0v) is 14.9. The van der Waals surface area contributed by atoms with Crippen molar-refractivity contribution in [2.75, 3.05) is 39.4 Å². The van der Waals surface area contributed by atoms with Crippen molar-refractivity contribution in [1.82, 2.24) is 14.9 Å². The SMILES string of the molecule is CCN[C@H](C)CNC(=O)c1cccc(S(=O)(=O)N2CCOCC2)c1. The Balaban J connectivity index is 2.09. The number of likely N-dealkylation sites (N-methyl/N-ethyl adjacent to an activating group) is 1. The summed E-state index contributed by atoms with van der Waals surface area (Å²) in [4.78, 5) is 12.4. The fourth-order valence-corrected chi connectivity index (χ4v) is 3.96.